The molecule has 0 radical (unpaired) electrons. The van der Waals surface area contributed by atoms with Crippen molar-refractivity contribution >= 4 is 17.3 Å². The Labute approximate surface area is 196 Å². The van der Waals surface area contributed by atoms with E-state index in [2.05, 4.69) is 20.4 Å². The van der Waals surface area contributed by atoms with Gasteiger partial charge >= 0.3 is 0 Å². The third kappa shape index (κ3) is 4.47. The van der Waals surface area contributed by atoms with Crippen molar-refractivity contribution in [2.24, 2.45) is 0 Å². The molecule has 3 aromatic carbocycles. The molecule has 1 aromatic heterocycles. The summed E-state index contributed by atoms with van der Waals surface area (Å²) in [6, 6.07) is 18.8. The lowest BCUT2D eigenvalue weighted by Gasteiger charge is -2.31. The number of carbonyl (C=O) groups is 1. The average molecular weight is 458 g/mol. The van der Waals surface area contributed by atoms with Gasteiger partial charge < -0.3 is 19.4 Å². The maximum absolute atomic E-state index is 13.2. The van der Waals surface area contributed by atoms with E-state index in [9.17, 15) is 9.18 Å². The summed E-state index contributed by atoms with van der Waals surface area (Å²) in [5.41, 5.74) is 4.06. The van der Waals surface area contributed by atoms with Gasteiger partial charge in [-0.25, -0.2) is 4.39 Å². The highest BCUT2D eigenvalue weighted by atomic mass is 19.1. The Morgan fingerprint density at radius 1 is 1.09 bits per heavy atom. The molecule has 0 saturated carbocycles. The zero-order valence-electron chi connectivity index (χ0n) is 18.6. The molecule has 0 fully saturated rings. The summed E-state index contributed by atoms with van der Waals surface area (Å²) < 4.78 is 24.3. The Balaban J connectivity index is 1.34. The van der Waals surface area contributed by atoms with Crippen LogP contribution in [0.25, 0.3) is 11.5 Å². The van der Waals surface area contributed by atoms with Gasteiger partial charge in [-0.05, 0) is 79.1 Å². The molecule has 0 unspecified atom stereocenters. The number of benzene rings is 3. The third-order valence-electron chi connectivity index (χ3n) is 5.83. The molecule has 1 N–H and O–H groups in total. The molecule has 172 valence electrons. The molecule has 1 aliphatic rings. The Morgan fingerprint density at radius 3 is 2.65 bits per heavy atom. The number of nitrogens with zero attached hydrogens (tertiary/aromatic N) is 3. The largest absolute Gasteiger partial charge is 0.497 e. The number of ether oxygens (including phenoxy) is 1. The van der Waals surface area contributed by atoms with Crippen molar-refractivity contribution in [1.29, 1.82) is 0 Å². The molecule has 0 spiro atoms. The first-order valence-corrected chi connectivity index (χ1v) is 11.0. The SMILES string of the molecule is COc1ccc(-c2nnc(CN3CCCc4c(NC(=O)c5ccc(F)cc5)cccc43)o2)cc1. The smallest absolute Gasteiger partial charge is 0.255 e. The minimum Gasteiger partial charge on any atom is -0.497 e. The molecule has 1 amide bonds. The summed E-state index contributed by atoms with van der Waals surface area (Å²) in [7, 11) is 1.62. The monoisotopic (exact) mass is 458 g/mol. The number of hydrogen-bond acceptors (Lipinski definition) is 6. The normalized spacial score (nSPS) is 12.8. The second kappa shape index (κ2) is 9.35. The lowest BCUT2D eigenvalue weighted by atomic mass is 9.99. The number of fused-ring (bicyclic) bond motifs is 1. The predicted molar refractivity (Wildman–Crippen MR) is 126 cm³/mol. The Hall–Kier alpha value is -4.20. The molecule has 2 heterocycles. The van der Waals surface area contributed by atoms with Crippen LogP contribution >= 0.6 is 0 Å². The fraction of sp³-hybridized carbons (Fsp3) is 0.192. The van der Waals surface area contributed by atoms with E-state index < -0.39 is 0 Å². The van der Waals surface area contributed by atoms with Crippen LogP contribution in [0.1, 0.15) is 28.2 Å². The average Bonchev–Trinajstić information content (AvgIpc) is 3.33. The molecule has 5 rings (SSSR count). The summed E-state index contributed by atoms with van der Waals surface area (Å²) >= 11 is 0. The van der Waals surface area contributed by atoms with Gasteiger partial charge in [0.25, 0.3) is 5.91 Å². The number of methoxy groups -OCH3 is 1. The molecule has 0 aliphatic carbocycles. The number of halogens is 1. The van der Waals surface area contributed by atoms with Crippen molar-refractivity contribution in [3.05, 3.63) is 89.6 Å². The number of nitrogens with one attached hydrogen (secondary N) is 1. The maximum atomic E-state index is 13.2. The standard InChI is InChI=1S/C26H23FN4O3/c1-33-20-13-9-18(10-14-20)26-30-29-24(34-26)16-31-15-3-4-21-22(5-2-6-23(21)31)28-25(32)17-7-11-19(27)12-8-17/h2,5-14H,3-4,15-16H2,1H3,(H,28,32). The quantitative estimate of drug-likeness (QED) is 0.434. The fourth-order valence-electron chi connectivity index (χ4n) is 4.11. The highest BCUT2D eigenvalue weighted by molar-refractivity contribution is 6.05. The van der Waals surface area contributed by atoms with Crippen molar-refractivity contribution < 1.29 is 18.3 Å². The van der Waals surface area contributed by atoms with Crippen molar-refractivity contribution in [3.63, 3.8) is 0 Å². The van der Waals surface area contributed by atoms with Gasteiger partial charge in [-0.2, -0.15) is 0 Å². The highest BCUT2D eigenvalue weighted by Crippen LogP contribution is 2.34. The summed E-state index contributed by atoms with van der Waals surface area (Å²) in [6.45, 7) is 1.30. The Bertz CT molecular complexity index is 1300. The Kier molecular flexibility index (Phi) is 5.95. The van der Waals surface area contributed by atoms with Gasteiger partial charge in [0.05, 0.1) is 13.7 Å². The number of hydrogen-bond donors (Lipinski definition) is 1. The molecule has 4 aromatic rings. The molecule has 0 atom stereocenters. The van der Waals surface area contributed by atoms with E-state index in [4.69, 9.17) is 9.15 Å². The first kappa shape index (κ1) is 21.6. The van der Waals surface area contributed by atoms with Gasteiger partial charge in [-0.15, -0.1) is 10.2 Å². The van der Waals surface area contributed by atoms with Crippen LogP contribution < -0.4 is 15.0 Å². The maximum Gasteiger partial charge on any atom is 0.255 e. The third-order valence-corrected chi connectivity index (χ3v) is 5.83. The van der Waals surface area contributed by atoms with Crippen LogP contribution in [-0.2, 0) is 13.0 Å². The summed E-state index contributed by atoms with van der Waals surface area (Å²) in [6.07, 6.45) is 1.77. The van der Waals surface area contributed by atoms with Crippen molar-refractivity contribution in [2.45, 2.75) is 19.4 Å². The van der Waals surface area contributed by atoms with Crippen LogP contribution in [0.5, 0.6) is 5.75 Å². The van der Waals surface area contributed by atoms with Crippen LogP contribution in [0.2, 0.25) is 0 Å². The van der Waals surface area contributed by atoms with Gasteiger partial charge in [-0.1, -0.05) is 6.07 Å². The van der Waals surface area contributed by atoms with E-state index in [-0.39, 0.29) is 11.7 Å². The molecule has 7 nitrogen and oxygen atoms in total. The van der Waals surface area contributed by atoms with Crippen molar-refractivity contribution in [2.75, 3.05) is 23.9 Å². The molecule has 34 heavy (non-hydrogen) atoms. The van der Waals surface area contributed by atoms with E-state index in [1.807, 2.05) is 42.5 Å². The zero-order chi connectivity index (χ0) is 23.5. The number of carbonyl (C=O) groups excluding carboxylic acids is 1. The van der Waals surface area contributed by atoms with E-state index in [1.54, 1.807) is 7.11 Å². The van der Waals surface area contributed by atoms with Crippen molar-refractivity contribution in [3.8, 4) is 17.2 Å². The lowest BCUT2D eigenvalue weighted by Crippen LogP contribution is -2.29. The van der Waals surface area contributed by atoms with E-state index in [1.165, 1.54) is 24.3 Å². The molecule has 0 bridgehead atoms. The summed E-state index contributed by atoms with van der Waals surface area (Å²) in [4.78, 5) is 14.9. The molecule has 8 heteroatoms. The topological polar surface area (TPSA) is 80.5 Å². The highest BCUT2D eigenvalue weighted by Gasteiger charge is 2.22. The summed E-state index contributed by atoms with van der Waals surface area (Å²) in [5.74, 6) is 1.08. The van der Waals surface area contributed by atoms with Gasteiger partial charge in [0.15, 0.2) is 0 Å². The first-order chi connectivity index (χ1) is 16.6. The number of aromatic nitrogens is 2. The summed E-state index contributed by atoms with van der Waals surface area (Å²) in [5, 5.41) is 11.4. The Morgan fingerprint density at radius 2 is 1.88 bits per heavy atom. The van der Waals surface area contributed by atoms with Crippen LogP contribution in [0, 0.1) is 5.82 Å². The van der Waals surface area contributed by atoms with Crippen LogP contribution in [0.3, 0.4) is 0 Å². The molecule has 0 saturated heterocycles. The van der Waals surface area contributed by atoms with E-state index in [0.717, 1.165) is 47.6 Å². The predicted octanol–water partition coefficient (Wildman–Crippen LogP) is 5.09. The zero-order valence-corrected chi connectivity index (χ0v) is 18.6. The number of rotatable bonds is 6. The molecular weight excluding hydrogens is 435 g/mol. The second-order valence-corrected chi connectivity index (χ2v) is 8.02. The lowest BCUT2D eigenvalue weighted by molar-refractivity contribution is 0.102. The fourth-order valence-corrected chi connectivity index (χ4v) is 4.11. The van der Waals surface area contributed by atoms with E-state index >= 15 is 0 Å². The van der Waals surface area contributed by atoms with Gasteiger partial charge in [-0.3, -0.25) is 4.79 Å². The van der Waals surface area contributed by atoms with E-state index in [0.29, 0.717) is 23.9 Å². The number of amides is 1. The minimum absolute atomic E-state index is 0.272. The number of anilines is 2. The molecule has 1 aliphatic heterocycles. The van der Waals surface area contributed by atoms with Crippen molar-refractivity contribution in [1.82, 2.24) is 10.2 Å². The van der Waals surface area contributed by atoms with Gasteiger partial charge in [0.1, 0.15) is 11.6 Å². The van der Waals surface area contributed by atoms with Gasteiger partial charge in [0.2, 0.25) is 11.8 Å². The van der Waals surface area contributed by atoms with Crippen LogP contribution in [0.15, 0.2) is 71.1 Å². The van der Waals surface area contributed by atoms with Crippen LogP contribution in [0.4, 0.5) is 15.8 Å². The van der Waals surface area contributed by atoms with Crippen LogP contribution in [-0.4, -0.2) is 29.8 Å². The second-order valence-electron chi connectivity index (χ2n) is 8.02. The first-order valence-electron chi connectivity index (χ1n) is 11.0. The molecular formula is C26H23FN4O3. The minimum atomic E-state index is -0.375. The van der Waals surface area contributed by atoms with Gasteiger partial charge in [0, 0.05) is 29.0 Å².